The predicted molar refractivity (Wildman–Crippen MR) is 130 cm³/mol. The zero-order valence-corrected chi connectivity index (χ0v) is 19.8. The van der Waals surface area contributed by atoms with E-state index in [4.69, 9.17) is 24.4 Å². The van der Waals surface area contributed by atoms with Gasteiger partial charge in [-0.1, -0.05) is 6.07 Å². The first-order valence-corrected chi connectivity index (χ1v) is 11.4. The number of rotatable bonds is 8. The monoisotopic (exact) mass is 466 g/mol. The van der Waals surface area contributed by atoms with Gasteiger partial charge in [-0.3, -0.25) is 9.69 Å². The molecule has 34 heavy (non-hydrogen) atoms. The molecule has 4 rings (SSSR count). The van der Waals surface area contributed by atoms with Crippen LogP contribution in [0.2, 0.25) is 0 Å². The Morgan fingerprint density at radius 3 is 2.50 bits per heavy atom. The standard InChI is InChI=1S/C26H30N2O6/c1-16-20-6-5-19(33-13-12-28-10-8-17(9-11-28)25(27)29)15-22(20)34-26(30)24(16)18-4-7-21(31-2)23(14-18)32-3/h4-7,14-15,17H,8-13H2,1-3H3,(H2,27,29). The van der Waals surface area contributed by atoms with Gasteiger partial charge in [-0.25, -0.2) is 4.79 Å². The van der Waals surface area contributed by atoms with Gasteiger partial charge in [0.25, 0.3) is 0 Å². The molecule has 0 spiro atoms. The van der Waals surface area contributed by atoms with Gasteiger partial charge in [-0.2, -0.15) is 0 Å². The van der Waals surface area contributed by atoms with Crippen LogP contribution in [0.4, 0.5) is 0 Å². The number of methoxy groups -OCH3 is 2. The van der Waals surface area contributed by atoms with Gasteiger partial charge < -0.3 is 24.4 Å². The summed E-state index contributed by atoms with van der Waals surface area (Å²) >= 11 is 0. The molecule has 0 aliphatic carbocycles. The van der Waals surface area contributed by atoms with E-state index < -0.39 is 5.63 Å². The normalized spacial score (nSPS) is 14.8. The molecule has 1 saturated heterocycles. The predicted octanol–water partition coefficient (Wildman–Crippen LogP) is 3.36. The van der Waals surface area contributed by atoms with Crippen molar-refractivity contribution in [2.24, 2.45) is 11.7 Å². The molecular formula is C26H30N2O6. The van der Waals surface area contributed by atoms with Crippen LogP contribution >= 0.6 is 0 Å². The fourth-order valence-electron chi connectivity index (χ4n) is 4.49. The molecule has 3 aromatic rings. The second-order valence-corrected chi connectivity index (χ2v) is 8.48. The molecule has 1 amide bonds. The van der Waals surface area contributed by atoms with Crippen molar-refractivity contribution in [3.8, 4) is 28.4 Å². The number of aryl methyl sites for hydroxylation is 1. The molecule has 1 fully saturated rings. The highest BCUT2D eigenvalue weighted by atomic mass is 16.5. The van der Waals surface area contributed by atoms with E-state index in [1.807, 2.05) is 25.1 Å². The van der Waals surface area contributed by atoms with Crippen molar-refractivity contribution < 1.29 is 23.4 Å². The van der Waals surface area contributed by atoms with Crippen LogP contribution in [0.25, 0.3) is 22.1 Å². The molecule has 0 atom stereocenters. The van der Waals surface area contributed by atoms with E-state index in [1.54, 1.807) is 32.4 Å². The number of amides is 1. The highest BCUT2D eigenvalue weighted by Gasteiger charge is 2.23. The quantitative estimate of drug-likeness (QED) is 0.508. The summed E-state index contributed by atoms with van der Waals surface area (Å²) in [5.41, 5.74) is 7.46. The third-order valence-corrected chi connectivity index (χ3v) is 6.48. The van der Waals surface area contributed by atoms with Crippen molar-refractivity contribution in [3.05, 3.63) is 52.4 Å². The Hall–Kier alpha value is -3.52. The lowest BCUT2D eigenvalue weighted by atomic mass is 9.96. The lowest BCUT2D eigenvalue weighted by molar-refractivity contribution is -0.123. The van der Waals surface area contributed by atoms with Crippen LogP contribution in [0.15, 0.2) is 45.6 Å². The van der Waals surface area contributed by atoms with Gasteiger partial charge in [0.2, 0.25) is 5.91 Å². The molecule has 2 heterocycles. The average Bonchev–Trinajstić information content (AvgIpc) is 2.84. The molecule has 1 aliphatic heterocycles. The summed E-state index contributed by atoms with van der Waals surface area (Å²) in [6, 6.07) is 10.9. The van der Waals surface area contributed by atoms with Crippen molar-refractivity contribution >= 4 is 16.9 Å². The molecule has 1 aliphatic rings. The fourth-order valence-corrected chi connectivity index (χ4v) is 4.49. The van der Waals surface area contributed by atoms with Crippen molar-refractivity contribution in [1.29, 1.82) is 0 Å². The second-order valence-electron chi connectivity index (χ2n) is 8.48. The van der Waals surface area contributed by atoms with Crippen molar-refractivity contribution in [2.45, 2.75) is 19.8 Å². The van der Waals surface area contributed by atoms with Gasteiger partial charge in [0.05, 0.1) is 19.8 Å². The Bertz CT molecular complexity index is 1240. The van der Waals surface area contributed by atoms with E-state index >= 15 is 0 Å². The SMILES string of the molecule is COc1ccc(-c2c(C)c3ccc(OCCN4CCC(C(N)=O)CC4)cc3oc2=O)cc1OC. The van der Waals surface area contributed by atoms with Gasteiger partial charge in [0, 0.05) is 23.9 Å². The summed E-state index contributed by atoms with van der Waals surface area (Å²) < 4.78 is 22.3. The molecular weight excluding hydrogens is 436 g/mol. The fraction of sp³-hybridized carbons (Fsp3) is 0.385. The minimum Gasteiger partial charge on any atom is -0.493 e. The number of piperidine rings is 1. The maximum Gasteiger partial charge on any atom is 0.344 e. The van der Waals surface area contributed by atoms with Crippen LogP contribution in [-0.2, 0) is 4.79 Å². The Balaban J connectivity index is 1.49. The van der Waals surface area contributed by atoms with Crippen LogP contribution in [0, 0.1) is 12.8 Å². The van der Waals surface area contributed by atoms with E-state index in [1.165, 1.54) is 0 Å². The molecule has 0 radical (unpaired) electrons. The number of ether oxygens (including phenoxy) is 3. The van der Waals surface area contributed by atoms with E-state index in [9.17, 15) is 9.59 Å². The van der Waals surface area contributed by atoms with Crippen molar-refractivity contribution in [1.82, 2.24) is 4.90 Å². The van der Waals surface area contributed by atoms with Gasteiger partial charge in [-0.05, 0) is 68.2 Å². The number of carbonyl (C=O) groups is 1. The van der Waals surface area contributed by atoms with Gasteiger partial charge >= 0.3 is 5.63 Å². The number of fused-ring (bicyclic) bond motifs is 1. The molecule has 8 heteroatoms. The number of carbonyl (C=O) groups excluding carboxylic acids is 1. The first kappa shape index (κ1) is 23.6. The molecule has 180 valence electrons. The summed E-state index contributed by atoms with van der Waals surface area (Å²) in [5.74, 6) is 1.54. The van der Waals surface area contributed by atoms with E-state index in [0.29, 0.717) is 40.6 Å². The zero-order chi connectivity index (χ0) is 24.2. The topological polar surface area (TPSA) is 104 Å². The van der Waals surface area contributed by atoms with Crippen molar-refractivity contribution in [2.75, 3.05) is 40.5 Å². The minimum absolute atomic E-state index is 0.0207. The number of nitrogens with two attached hydrogens (primary N) is 1. The Kier molecular flexibility index (Phi) is 7.07. The van der Waals surface area contributed by atoms with Crippen LogP contribution in [0.1, 0.15) is 18.4 Å². The van der Waals surface area contributed by atoms with Crippen LogP contribution in [-0.4, -0.2) is 51.3 Å². The average molecular weight is 467 g/mol. The Labute approximate surface area is 198 Å². The highest BCUT2D eigenvalue weighted by Crippen LogP contribution is 2.34. The Morgan fingerprint density at radius 2 is 1.82 bits per heavy atom. The van der Waals surface area contributed by atoms with E-state index in [0.717, 1.165) is 43.4 Å². The minimum atomic E-state index is -0.424. The smallest absolute Gasteiger partial charge is 0.344 e. The number of likely N-dealkylation sites (tertiary alicyclic amines) is 1. The van der Waals surface area contributed by atoms with Crippen LogP contribution < -0.4 is 25.6 Å². The molecule has 0 saturated carbocycles. The first-order chi connectivity index (χ1) is 16.4. The van der Waals surface area contributed by atoms with Crippen LogP contribution in [0.5, 0.6) is 17.2 Å². The molecule has 2 N–H and O–H groups in total. The van der Waals surface area contributed by atoms with Crippen molar-refractivity contribution in [3.63, 3.8) is 0 Å². The molecule has 1 aromatic heterocycles. The summed E-state index contributed by atoms with van der Waals surface area (Å²) in [6.45, 7) is 4.83. The zero-order valence-electron chi connectivity index (χ0n) is 19.8. The lowest BCUT2D eigenvalue weighted by Gasteiger charge is -2.30. The summed E-state index contributed by atoms with van der Waals surface area (Å²) in [5, 5.41) is 0.838. The van der Waals surface area contributed by atoms with Gasteiger partial charge in [-0.15, -0.1) is 0 Å². The molecule has 0 bridgehead atoms. The molecule has 8 nitrogen and oxygen atoms in total. The summed E-state index contributed by atoms with van der Waals surface area (Å²) in [6.07, 6.45) is 1.58. The maximum atomic E-state index is 12.9. The molecule has 2 aromatic carbocycles. The third-order valence-electron chi connectivity index (χ3n) is 6.48. The number of primary amides is 1. The third kappa shape index (κ3) is 4.87. The maximum absolute atomic E-state index is 12.9. The van der Waals surface area contributed by atoms with Gasteiger partial charge in [0.15, 0.2) is 11.5 Å². The number of hydrogen-bond donors (Lipinski definition) is 1. The number of nitrogens with zero attached hydrogens (tertiary/aromatic N) is 1. The summed E-state index contributed by atoms with van der Waals surface area (Å²) in [4.78, 5) is 26.5. The van der Waals surface area contributed by atoms with Gasteiger partial charge in [0.1, 0.15) is 17.9 Å². The van der Waals surface area contributed by atoms with Crippen LogP contribution in [0.3, 0.4) is 0 Å². The van der Waals surface area contributed by atoms with E-state index in [2.05, 4.69) is 4.90 Å². The van der Waals surface area contributed by atoms with E-state index in [-0.39, 0.29) is 11.8 Å². The lowest BCUT2D eigenvalue weighted by Crippen LogP contribution is -2.40. The number of benzene rings is 2. The number of hydrogen-bond acceptors (Lipinski definition) is 7. The largest absolute Gasteiger partial charge is 0.493 e. The Morgan fingerprint density at radius 1 is 1.09 bits per heavy atom. The molecule has 0 unspecified atom stereocenters. The second kappa shape index (κ2) is 10.2. The highest BCUT2D eigenvalue weighted by molar-refractivity contribution is 5.87. The summed E-state index contributed by atoms with van der Waals surface area (Å²) in [7, 11) is 3.13. The first-order valence-electron chi connectivity index (χ1n) is 11.4.